The fourth-order valence-electron chi connectivity index (χ4n) is 2.87. The Kier molecular flexibility index (Phi) is 2.58. The first-order valence-electron chi connectivity index (χ1n) is 6.39. The Morgan fingerprint density at radius 1 is 1.28 bits per heavy atom. The normalized spacial score (nSPS) is 17.8. The lowest BCUT2D eigenvalue weighted by molar-refractivity contribution is -0.117. The summed E-state index contributed by atoms with van der Waals surface area (Å²) in [7, 11) is 0. The third-order valence-electron chi connectivity index (χ3n) is 3.74. The number of rotatable bonds is 0. The zero-order chi connectivity index (χ0) is 12.7. The Bertz CT molecular complexity index is 537. The van der Waals surface area contributed by atoms with Crippen molar-refractivity contribution in [2.45, 2.75) is 32.6 Å². The summed E-state index contributed by atoms with van der Waals surface area (Å²) < 4.78 is 0. The van der Waals surface area contributed by atoms with Gasteiger partial charge in [-0.3, -0.25) is 9.59 Å². The number of aryl methyl sites for hydroxylation is 1. The van der Waals surface area contributed by atoms with Crippen LogP contribution < -0.4 is 10.2 Å². The first kappa shape index (κ1) is 11.3. The van der Waals surface area contributed by atoms with Crippen LogP contribution >= 0.6 is 0 Å². The number of nitrogens with zero attached hydrogens (tertiary/aromatic N) is 1. The van der Waals surface area contributed by atoms with Crippen molar-refractivity contribution >= 4 is 23.2 Å². The second kappa shape index (κ2) is 4.12. The van der Waals surface area contributed by atoms with Crippen LogP contribution in [-0.4, -0.2) is 18.4 Å². The molecule has 0 fully saturated rings. The lowest BCUT2D eigenvalue weighted by Crippen LogP contribution is -2.34. The van der Waals surface area contributed by atoms with E-state index in [4.69, 9.17) is 0 Å². The summed E-state index contributed by atoms with van der Waals surface area (Å²) in [5.41, 5.74) is 4.24. The summed E-state index contributed by atoms with van der Waals surface area (Å²) in [5, 5.41) is 2.97. The highest BCUT2D eigenvalue weighted by molar-refractivity contribution is 5.99. The van der Waals surface area contributed by atoms with Gasteiger partial charge >= 0.3 is 0 Å². The van der Waals surface area contributed by atoms with E-state index in [2.05, 4.69) is 5.32 Å². The van der Waals surface area contributed by atoms with Gasteiger partial charge < -0.3 is 10.2 Å². The second-order valence-electron chi connectivity index (χ2n) is 4.92. The average molecular weight is 244 g/mol. The maximum atomic E-state index is 11.6. The maximum Gasteiger partial charge on any atom is 0.224 e. The van der Waals surface area contributed by atoms with Crippen molar-refractivity contribution in [3.05, 3.63) is 23.3 Å². The van der Waals surface area contributed by atoms with Gasteiger partial charge in [0.1, 0.15) is 0 Å². The molecular formula is C14H16N2O2. The standard InChI is InChI=1S/C14H16N2O2/c1-9(17)16-8-2-3-11-12(16)6-4-10-5-7-13(18)15-14(10)11/h4,6H,2-3,5,7-8H2,1H3,(H,15,18). The summed E-state index contributed by atoms with van der Waals surface area (Å²) in [5.74, 6) is 0.147. The largest absolute Gasteiger partial charge is 0.325 e. The molecule has 0 spiro atoms. The van der Waals surface area contributed by atoms with Crippen molar-refractivity contribution in [2.24, 2.45) is 0 Å². The lowest BCUT2D eigenvalue weighted by Gasteiger charge is -2.32. The Hall–Kier alpha value is -1.84. The highest BCUT2D eigenvalue weighted by atomic mass is 16.2. The minimum atomic E-state index is 0.0676. The van der Waals surface area contributed by atoms with Gasteiger partial charge in [-0.15, -0.1) is 0 Å². The number of nitrogens with one attached hydrogen (secondary N) is 1. The topological polar surface area (TPSA) is 49.4 Å². The molecule has 18 heavy (non-hydrogen) atoms. The molecule has 0 aliphatic carbocycles. The number of carbonyl (C=O) groups excluding carboxylic acids is 2. The third kappa shape index (κ3) is 1.68. The molecule has 0 saturated heterocycles. The van der Waals surface area contributed by atoms with Crippen LogP contribution in [-0.2, 0) is 22.4 Å². The molecule has 2 heterocycles. The van der Waals surface area contributed by atoms with Gasteiger partial charge in [-0.05, 0) is 36.5 Å². The molecule has 3 rings (SSSR count). The van der Waals surface area contributed by atoms with E-state index in [-0.39, 0.29) is 11.8 Å². The second-order valence-corrected chi connectivity index (χ2v) is 4.92. The van der Waals surface area contributed by atoms with Crippen molar-refractivity contribution in [2.75, 3.05) is 16.8 Å². The van der Waals surface area contributed by atoms with Crippen LogP contribution in [0.25, 0.3) is 0 Å². The number of hydrogen-bond acceptors (Lipinski definition) is 2. The first-order chi connectivity index (χ1) is 8.66. The van der Waals surface area contributed by atoms with Crippen molar-refractivity contribution in [3.8, 4) is 0 Å². The molecule has 1 N–H and O–H groups in total. The van der Waals surface area contributed by atoms with Crippen LogP contribution in [0.1, 0.15) is 30.9 Å². The molecule has 0 radical (unpaired) electrons. The molecular weight excluding hydrogens is 228 g/mol. The van der Waals surface area contributed by atoms with Gasteiger partial charge in [0.15, 0.2) is 0 Å². The summed E-state index contributed by atoms with van der Waals surface area (Å²) in [4.78, 5) is 25.0. The zero-order valence-electron chi connectivity index (χ0n) is 10.5. The molecule has 1 aromatic carbocycles. The molecule has 4 nitrogen and oxygen atoms in total. The number of carbonyl (C=O) groups is 2. The van der Waals surface area contributed by atoms with Crippen LogP contribution in [0.5, 0.6) is 0 Å². The molecule has 2 aliphatic heterocycles. The number of benzene rings is 1. The monoisotopic (exact) mass is 244 g/mol. The van der Waals surface area contributed by atoms with Gasteiger partial charge in [-0.1, -0.05) is 6.07 Å². The molecule has 0 atom stereocenters. The molecule has 0 aromatic heterocycles. The van der Waals surface area contributed by atoms with Gasteiger partial charge in [-0.2, -0.15) is 0 Å². The molecule has 1 aromatic rings. The van der Waals surface area contributed by atoms with E-state index < -0.39 is 0 Å². The third-order valence-corrected chi connectivity index (χ3v) is 3.74. The summed E-state index contributed by atoms with van der Waals surface area (Å²) in [6.07, 6.45) is 3.25. The molecule has 0 saturated carbocycles. The van der Waals surface area contributed by atoms with Crippen molar-refractivity contribution in [1.82, 2.24) is 0 Å². The van der Waals surface area contributed by atoms with Gasteiger partial charge in [0.25, 0.3) is 0 Å². The molecule has 0 unspecified atom stereocenters. The number of hydrogen-bond donors (Lipinski definition) is 1. The minimum Gasteiger partial charge on any atom is -0.325 e. The Balaban J connectivity index is 2.12. The van der Waals surface area contributed by atoms with Crippen molar-refractivity contribution in [1.29, 1.82) is 0 Å². The van der Waals surface area contributed by atoms with Gasteiger partial charge in [0.2, 0.25) is 11.8 Å². The Morgan fingerprint density at radius 2 is 2.11 bits per heavy atom. The summed E-state index contributed by atoms with van der Waals surface area (Å²) in [6.45, 7) is 2.36. The first-order valence-corrected chi connectivity index (χ1v) is 6.39. The molecule has 2 amide bonds. The molecule has 4 heteroatoms. The van der Waals surface area contributed by atoms with Crippen LogP contribution in [0.15, 0.2) is 12.1 Å². The predicted molar refractivity (Wildman–Crippen MR) is 69.7 cm³/mol. The summed E-state index contributed by atoms with van der Waals surface area (Å²) >= 11 is 0. The molecule has 94 valence electrons. The van der Waals surface area contributed by atoms with E-state index in [0.29, 0.717) is 6.42 Å². The SMILES string of the molecule is CC(=O)N1CCCc2c1ccc1c2NC(=O)CC1. The average Bonchev–Trinajstić information content (AvgIpc) is 2.37. The Morgan fingerprint density at radius 3 is 2.89 bits per heavy atom. The van der Waals surface area contributed by atoms with E-state index in [1.807, 2.05) is 12.1 Å². The van der Waals surface area contributed by atoms with Crippen molar-refractivity contribution < 1.29 is 9.59 Å². The molecule has 2 aliphatic rings. The van der Waals surface area contributed by atoms with Gasteiger partial charge in [0, 0.05) is 31.3 Å². The number of amides is 2. The van der Waals surface area contributed by atoms with Gasteiger partial charge in [0.05, 0.1) is 0 Å². The molecule has 0 bridgehead atoms. The Labute approximate surface area is 106 Å². The van der Waals surface area contributed by atoms with Crippen LogP contribution in [0, 0.1) is 0 Å². The van der Waals surface area contributed by atoms with E-state index in [9.17, 15) is 9.59 Å². The lowest BCUT2D eigenvalue weighted by atomic mass is 9.92. The van der Waals surface area contributed by atoms with Crippen molar-refractivity contribution in [3.63, 3.8) is 0 Å². The van der Waals surface area contributed by atoms with Crippen LogP contribution in [0.4, 0.5) is 11.4 Å². The van der Waals surface area contributed by atoms with Gasteiger partial charge in [-0.25, -0.2) is 0 Å². The quantitative estimate of drug-likeness (QED) is 0.757. The van der Waals surface area contributed by atoms with E-state index >= 15 is 0 Å². The maximum absolute atomic E-state index is 11.6. The highest BCUT2D eigenvalue weighted by Crippen LogP contribution is 2.37. The fourth-order valence-corrected chi connectivity index (χ4v) is 2.87. The number of fused-ring (bicyclic) bond motifs is 3. The number of anilines is 2. The van der Waals surface area contributed by atoms with E-state index in [1.54, 1.807) is 11.8 Å². The van der Waals surface area contributed by atoms with E-state index in [1.165, 1.54) is 5.56 Å². The minimum absolute atomic E-state index is 0.0676. The van der Waals surface area contributed by atoms with E-state index in [0.717, 1.165) is 42.7 Å². The fraction of sp³-hybridized carbons (Fsp3) is 0.429. The van der Waals surface area contributed by atoms with Crippen LogP contribution in [0.2, 0.25) is 0 Å². The van der Waals surface area contributed by atoms with Crippen LogP contribution in [0.3, 0.4) is 0 Å². The smallest absolute Gasteiger partial charge is 0.224 e. The highest BCUT2D eigenvalue weighted by Gasteiger charge is 2.26. The summed E-state index contributed by atoms with van der Waals surface area (Å²) in [6, 6.07) is 4.06. The predicted octanol–water partition coefficient (Wildman–Crippen LogP) is 1.87. The zero-order valence-corrected chi connectivity index (χ0v) is 10.5.